The predicted octanol–water partition coefficient (Wildman–Crippen LogP) is 6.04. The zero-order chi connectivity index (χ0) is 24.1. The second kappa shape index (κ2) is 10.4. The Bertz CT molecular complexity index is 1320. The fraction of sp³-hybridized carbons (Fsp3) is 0.185. The molecule has 0 fully saturated rings. The highest BCUT2D eigenvalue weighted by Crippen LogP contribution is 2.25. The van der Waals surface area contributed by atoms with Gasteiger partial charge in [0, 0.05) is 22.3 Å². The molecule has 0 saturated heterocycles. The van der Waals surface area contributed by atoms with Crippen molar-refractivity contribution < 1.29 is 14.3 Å². The van der Waals surface area contributed by atoms with Crippen molar-refractivity contribution in [1.29, 1.82) is 0 Å². The molecule has 1 aromatic heterocycles. The number of aryl methyl sites for hydroxylation is 2. The molecule has 0 spiro atoms. The fourth-order valence-corrected chi connectivity index (χ4v) is 3.77. The number of hydrogen-bond acceptors (Lipinski definition) is 4. The molecular weight excluding hydrogens is 450 g/mol. The zero-order valence-electron chi connectivity index (χ0n) is 19.3. The number of carbonyl (C=O) groups excluding carboxylic acids is 1. The molecule has 174 valence electrons. The van der Waals surface area contributed by atoms with Gasteiger partial charge in [-0.1, -0.05) is 41.9 Å². The van der Waals surface area contributed by atoms with Gasteiger partial charge in [0.2, 0.25) is 0 Å². The molecule has 0 bridgehead atoms. The average Bonchev–Trinajstić information content (AvgIpc) is 3.27. The van der Waals surface area contributed by atoms with Gasteiger partial charge in [0.15, 0.2) is 0 Å². The van der Waals surface area contributed by atoms with Crippen LogP contribution in [-0.4, -0.2) is 22.8 Å². The van der Waals surface area contributed by atoms with Gasteiger partial charge in [-0.2, -0.15) is 5.10 Å². The summed E-state index contributed by atoms with van der Waals surface area (Å²) in [5.74, 6) is 1.23. The van der Waals surface area contributed by atoms with Crippen LogP contribution in [0.3, 0.4) is 0 Å². The number of nitrogens with one attached hydrogen (secondary N) is 1. The summed E-state index contributed by atoms with van der Waals surface area (Å²) in [7, 11) is 1.60. The molecule has 6 nitrogen and oxygen atoms in total. The summed E-state index contributed by atoms with van der Waals surface area (Å²) in [6.07, 6.45) is 3.39. The van der Waals surface area contributed by atoms with E-state index in [1.807, 2.05) is 56.3 Å². The number of methoxy groups -OCH3 is 1. The van der Waals surface area contributed by atoms with Crippen molar-refractivity contribution in [1.82, 2.24) is 9.78 Å². The van der Waals surface area contributed by atoms with Crippen LogP contribution in [0.4, 0.5) is 5.69 Å². The van der Waals surface area contributed by atoms with Crippen molar-refractivity contribution in [2.24, 2.45) is 0 Å². The first-order valence-corrected chi connectivity index (χ1v) is 11.2. The Morgan fingerprint density at radius 3 is 2.65 bits per heavy atom. The molecule has 0 atom stereocenters. The number of carbonyl (C=O) groups is 1. The third kappa shape index (κ3) is 5.58. The summed E-state index contributed by atoms with van der Waals surface area (Å²) < 4.78 is 13.2. The molecule has 4 aromatic rings. The maximum Gasteiger partial charge on any atom is 0.255 e. The third-order valence-electron chi connectivity index (χ3n) is 5.45. The van der Waals surface area contributed by atoms with E-state index in [4.69, 9.17) is 21.1 Å². The number of nitrogens with zero attached hydrogens (tertiary/aromatic N) is 2. The van der Waals surface area contributed by atoms with Crippen LogP contribution in [-0.2, 0) is 13.2 Å². The highest BCUT2D eigenvalue weighted by molar-refractivity contribution is 6.31. The Hall–Kier alpha value is -3.77. The lowest BCUT2D eigenvalue weighted by Crippen LogP contribution is -2.12. The number of aromatic nitrogens is 2. The Morgan fingerprint density at radius 1 is 1.03 bits per heavy atom. The fourth-order valence-electron chi connectivity index (χ4n) is 3.57. The summed E-state index contributed by atoms with van der Waals surface area (Å²) in [6.45, 7) is 4.82. The molecular formula is C27H26ClN3O3. The molecule has 0 aliphatic rings. The highest BCUT2D eigenvalue weighted by atomic mass is 35.5. The molecule has 1 heterocycles. The quantitative estimate of drug-likeness (QED) is 0.337. The zero-order valence-corrected chi connectivity index (χ0v) is 20.1. The van der Waals surface area contributed by atoms with E-state index < -0.39 is 0 Å². The topological polar surface area (TPSA) is 65.4 Å². The van der Waals surface area contributed by atoms with Crippen molar-refractivity contribution in [3.8, 4) is 11.5 Å². The molecule has 7 heteroatoms. The number of ether oxygens (including phenoxy) is 2. The van der Waals surface area contributed by atoms with E-state index in [0.29, 0.717) is 28.6 Å². The van der Waals surface area contributed by atoms with Crippen LogP contribution in [0.1, 0.15) is 32.6 Å². The van der Waals surface area contributed by atoms with Crippen LogP contribution >= 0.6 is 11.6 Å². The SMILES string of the molecule is COc1ccc(C(=O)Nc2cnn(Cc3ccccc3Cl)c2)cc1COc1cc(C)ccc1C. The lowest BCUT2D eigenvalue weighted by Gasteiger charge is -2.14. The lowest BCUT2D eigenvalue weighted by molar-refractivity contribution is 0.102. The first kappa shape index (κ1) is 23.4. The largest absolute Gasteiger partial charge is 0.496 e. The lowest BCUT2D eigenvalue weighted by atomic mass is 10.1. The summed E-state index contributed by atoms with van der Waals surface area (Å²) in [6, 6.07) is 19.0. The number of hydrogen-bond donors (Lipinski definition) is 1. The van der Waals surface area contributed by atoms with E-state index >= 15 is 0 Å². The number of amides is 1. The summed E-state index contributed by atoms with van der Waals surface area (Å²) >= 11 is 6.23. The average molecular weight is 476 g/mol. The minimum Gasteiger partial charge on any atom is -0.496 e. The van der Waals surface area contributed by atoms with Crippen molar-refractivity contribution in [2.75, 3.05) is 12.4 Å². The van der Waals surface area contributed by atoms with Crippen LogP contribution in [0.5, 0.6) is 11.5 Å². The van der Waals surface area contributed by atoms with E-state index in [0.717, 1.165) is 28.0 Å². The van der Waals surface area contributed by atoms with Crippen LogP contribution in [0.15, 0.2) is 73.1 Å². The molecule has 3 aromatic carbocycles. The minimum absolute atomic E-state index is 0.243. The van der Waals surface area contributed by atoms with E-state index in [9.17, 15) is 4.79 Å². The second-order valence-electron chi connectivity index (χ2n) is 8.06. The molecule has 0 aliphatic heterocycles. The van der Waals surface area contributed by atoms with E-state index in [1.165, 1.54) is 0 Å². The maximum absolute atomic E-state index is 12.9. The van der Waals surface area contributed by atoms with Gasteiger partial charge in [0.1, 0.15) is 18.1 Å². The van der Waals surface area contributed by atoms with E-state index in [1.54, 1.807) is 42.4 Å². The van der Waals surface area contributed by atoms with Crippen LogP contribution < -0.4 is 14.8 Å². The van der Waals surface area contributed by atoms with Crippen molar-refractivity contribution >= 4 is 23.2 Å². The Morgan fingerprint density at radius 2 is 1.85 bits per heavy atom. The third-order valence-corrected chi connectivity index (χ3v) is 5.82. The second-order valence-corrected chi connectivity index (χ2v) is 8.46. The Labute approximate surface area is 204 Å². The van der Waals surface area contributed by atoms with Crippen molar-refractivity contribution in [3.05, 3.63) is 106 Å². The number of halogens is 1. The van der Waals surface area contributed by atoms with Crippen LogP contribution in [0.25, 0.3) is 0 Å². The number of benzene rings is 3. The molecule has 4 rings (SSSR count). The summed E-state index contributed by atoms with van der Waals surface area (Å²) in [5, 5.41) is 7.90. The Balaban J connectivity index is 1.46. The molecule has 1 N–H and O–H groups in total. The van der Waals surface area contributed by atoms with Gasteiger partial charge >= 0.3 is 0 Å². The van der Waals surface area contributed by atoms with Gasteiger partial charge in [-0.05, 0) is 60.9 Å². The standard InChI is InChI=1S/C27H26ClN3O3/c1-18-8-9-19(2)26(12-18)34-17-22-13-20(10-11-25(22)33-3)27(32)30-23-14-29-31(16-23)15-21-6-4-5-7-24(21)28/h4-14,16H,15,17H2,1-3H3,(H,30,32). The number of anilines is 1. The highest BCUT2D eigenvalue weighted by Gasteiger charge is 2.13. The first-order valence-electron chi connectivity index (χ1n) is 10.9. The molecule has 1 amide bonds. The van der Waals surface area contributed by atoms with Crippen LogP contribution in [0, 0.1) is 13.8 Å². The van der Waals surface area contributed by atoms with E-state index in [2.05, 4.69) is 10.4 Å². The molecule has 0 aliphatic carbocycles. The van der Waals surface area contributed by atoms with Gasteiger partial charge in [0.25, 0.3) is 5.91 Å². The Kier molecular flexibility index (Phi) is 7.18. The van der Waals surface area contributed by atoms with Gasteiger partial charge in [0.05, 0.1) is 25.5 Å². The predicted molar refractivity (Wildman–Crippen MR) is 134 cm³/mol. The summed E-state index contributed by atoms with van der Waals surface area (Å²) in [5.41, 5.74) is 5.00. The molecule has 0 unspecified atom stereocenters. The first-order chi connectivity index (χ1) is 16.4. The maximum atomic E-state index is 12.9. The monoisotopic (exact) mass is 475 g/mol. The van der Waals surface area contributed by atoms with Crippen molar-refractivity contribution in [3.63, 3.8) is 0 Å². The normalized spacial score (nSPS) is 10.7. The molecule has 34 heavy (non-hydrogen) atoms. The van der Waals surface area contributed by atoms with E-state index in [-0.39, 0.29) is 12.5 Å². The van der Waals surface area contributed by atoms with Crippen molar-refractivity contribution in [2.45, 2.75) is 27.0 Å². The number of rotatable bonds is 8. The van der Waals surface area contributed by atoms with Gasteiger partial charge in [-0.25, -0.2) is 0 Å². The van der Waals surface area contributed by atoms with Gasteiger partial charge in [-0.3, -0.25) is 9.48 Å². The van der Waals surface area contributed by atoms with Crippen LogP contribution in [0.2, 0.25) is 5.02 Å². The minimum atomic E-state index is -0.243. The molecule has 0 saturated carbocycles. The smallest absolute Gasteiger partial charge is 0.255 e. The molecule has 0 radical (unpaired) electrons. The van der Waals surface area contributed by atoms with Gasteiger partial charge in [-0.15, -0.1) is 0 Å². The van der Waals surface area contributed by atoms with Gasteiger partial charge < -0.3 is 14.8 Å². The summed E-state index contributed by atoms with van der Waals surface area (Å²) in [4.78, 5) is 12.9.